The highest BCUT2D eigenvalue weighted by Crippen LogP contribution is 2.08. The van der Waals surface area contributed by atoms with Gasteiger partial charge in [-0.1, -0.05) is 31.8 Å². The molecule has 2 nitrogen and oxygen atoms in total. The normalized spacial score (nSPS) is 10.7. The Morgan fingerprint density at radius 3 is 2.20 bits per heavy atom. The molecule has 15 heavy (non-hydrogen) atoms. The SMILES string of the molecule is CC(=O)CCCCCCCC/C=C/C=O. The molecule has 0 aliphatic carbocycles. The average Bonchev–Trinajstić information content (AvgIpc) is 2.20. The lowest BCUT2D eigenvalue weighted by Gasteiger charge is -1.99. The molecule has 0 amide bonds. The third kappa shape index (κ3) is 13.1. The summed E-state index contributed by atoms with van der Waals surface area (Å²) in [5, 5.41) is 0. The molecule has 0 bridgehead atoms. The van der Waals surface area contributed by atoms with E-state index in [9.17, 15) is 9.59 Å². The van der Waals surface area contributed by atoms with Crippen molar-refractivity contribution in [2.24, 2.45) is 0 Å². The highest BCUT2D eigenvalue weighted by atomic mass is 16.1. The summed E-state index contributed by atoms with van der Waals surface area (Å²) in [6, 6.07) is 0. The Morgan fingerprint density at radius 2 is 1.60 bits per heavy atom. The van der Waals surface area contributed by atoms with E-state index in [0.717, 1.165) is 32.0 Å². The van der Waals surface area contributed by atoms with Crippen LogP contribution in [0.2, 0.25) is 0 Å². The predicted molar refractivity (Wildman–Crippen MR) is 62.8 cm³/mol. The first-order chi connectivity index (χ1) is 7.27. The number of hydrogen-bond acceptors (Lipinski definition) is 2. The van der Waals surface area contributed by atoms with E-state index in [0.29, 0.717) is 5.78 Å². The number of aldehydes is 1. The number of rotatable bonds is 10. The molecule has 0 aromatic carbocycles. The van der Waals surface area contributed by atoms with E-state index in [1.807, 2.05) is 6.08 Å². The van der Waals surface area contributed by atoms with Crippen LogP contribution in [0.5, 0.6) is 0 Å². The van der Waals surface area contributed by atoms with Gasteiger partial charge in [0.25, 0.3) is 0 Å². The van der Waals surface area contributed by atoms with Gasteiger partial charge in [-0.2, -0.15) is 0 Å². The zero-order valence-electron chi connectivity index (χ0n) is 9.71. The summed E-state index contributed by atoms with van der Waals surface area (Å²) in [7, 11) is 0. The highest BCUT2D eigenvalue weighted by Gasteiger charge is 1.93. The van der Waals surface area contributed by atoms with E-state index in [4.69, 9.17) is 0 Å². The van der Waals surface area contributed by atoms with Crippen LogP contribution in [0.15, 0.2) is 12.2 Å². The van der Waals surface area contributed by atoms with Crippen molar-refractivity contribution in [3.8, 4) is 0 Å². The highest BCUT2D eigenvalue weighted by molar-refractivity contribution is 5.75. The molecule has 0 saturated heterocycles. The molecule has 0 radical (unpaired) electrons. The number of carbonyl (C=O) groups excluding carboxylic acids is 2. The van der Waals surface area contributed by atoms with E-state index in [1.54, 1.807) is 13.0 Å². The van der Waals surface area contributed by atoms with Gasteiger partial charge in [-0.25, -0.2) is 0 Å². The standard InChI is InChI=1S/C13H22O2/c1-13(15)11-9-7-5-3-2-4-6-8-10-12-14/h8,10,12H,2-7,9,11H2,1H3/b10-8+. The fourth-order valence-corrected chi connectivity index (χ4v) is 1.50. The van der Waals surface area contributed by atoms with E-state index in [1.165, 1.54) is 25.7 Å². The van der Waals surface area contributed by atoms with Gasteiger partial charge in [0, 0.05) is 6.42 Å². The van der Waals surface area contributed by atoms with Crippen LogP contribution in [0, 0.1) is 0 Å². The van der Waals surface area contributed by atoms with Crippen LogP contribution in [-0.2, 0) is 9.59 Å². The Hall–Kier alpha value is -0.920. The molecule has 0 atom stereocenters. The summed E-state index contributed by atoms with van der Waals surface area (Å²) < 4.78 is 0. The summed E-state index contributed by atoms with van der Waals surface area (Å²) in [5.41, 5.74) is 0. The first-order valence-corrected chi connectivity index (χ1v) is 5.87. The zero-order chi connectivity index (χ0) is 11.4. The molecular formula is C13H22O2. The van der Waals surface area contributed by atoms with Crippen LogP contribution in [0.4, 0.5) is 0 Å². The summed E-state index contributed by atoms with van der Waals surface area (Å²) in [4.78, 5) is 20.6. The van der Waals surface area contributed by atoms with Crippen molar-refractivity contribution in [1.82, 2.24) is 0 Å². The molecule has 0 aliphatic rings. The van der Waals surface area contributed by atoms with Gasteiger partial charge in [-0.3, -0.25) is 4.79 Å². The summed E-state index contributed by atoms with van der Waals surface area (Å²) in [6.07, 6.45) is 13.1. The Labute approximate surface area is 92.8 Å². The minimum absolute atomic E-state index is 0.300. The fraction of sp³-hybridized carbons (Fsp3) is 0.692. The monoisotopic (exact) mass is 210 g/mol. The lowest BCUT2D eigenvalue weighted by atomic mass is 10.1. The van der Waals surface area contributed by atoms with E-state index >= 15 is 0 Å². The molecule has 0 rings (SSSR count). The Bertz CT molecular complexity index is 195. The maximum Gasteiger partial charge on any atom is 0.142 e. The Morgan fingerprint density at radius 1 is 1.00 bits per heavy atom. The van der Waals surface area contributed by atoms with E-state index in [-0.39, 0.29) is 0 Å². The summed E-state index contributed by atoms with van der Waals surface area (Å²) in [6.45, 7) is 1.65. The third-order valence-corrected chi connectivity index (χ3v) is 2.36. The number of ketones is 1. The van der Waals surface area contributed by atoms with Gasteiger partial charge in [-0.15, -0.1) is 0 Å². The topological polar surface area (TPSA) is 34.1 Å². The van der Waals surface area contributed by atoms with Crippen LogP contribution in [0.3, 0.4) is 0 Å². The van der Waals surface area contributed by atoms with Crippen molar-refractivity contribution in [3.63, 3.8) is 0 Å². The first-order valence-electron chi connectivity index (χ1n) is 5.87. The summed E-state index contributed by atoms with van der Waals surface area (Å²) >= 11 is 0. The second-order valence-electron chi connectivity index (χ2n) is 3.93. The van der Waals surface area contributed by atoms with Gasteiger partial charge in [0.1, 0.15) is 12.1 Å². The van der Waals surface area contributed by atoms with Gasteiger partial charge in [0.05, 0.1) is 0 Å². The second kappa shape index (κ2) is 11.2. The molecule has 0 aromatic heterocycles. The largest absolute Gasteiger partial charge is 0.300 e. The van der Waals surface area contributed by atoms with Crippen molar-refractivity contribution in [2.75, 3.05) is 0 Å². The average molecular weight is 210 g/mol. The van der Waals surface area contributed by atoms with E-state index < -0.39 is 0 Å². The number of carbonyl (C=O) groups is 2. The molecule has 0 fully saturated rings. The number of allylic oxidation sites excluding steroid dienone is 2. The quantitative estimate of drug-likeness (QED) is 0.314. The van der Waals surface area contributed by atoms with Gasteiger partial charge >= 0.3 is 0 Å². The van der Waals surface area contributed by atoms with Gasteiger partial charge in [0.2, 0.25) is 0 Å². The lowest BCUT2D eigenvalue weighted by molar-refractivity contribution is -0.117. The molecule has 0 aliphatic heterocycles. The maximum absolute atomic E-state index is 10.6. The van der Waals surface area contributed by atoms with Gasteiger partial charge in [-0.05, 0) is 32.3 Å². The van der Waals surface area contributed by atoms with Gasteiger partial charge in [0.15, 0.2) is 0 Å². The third-order valence-electron chi connectivity index (χ3n) is 2.36. The molecule has 0 heterocycles. The second-order valence-corrected chi connectivity index (χ2v) is 3.93. The van der Waals surface area contributed by atoms with Crippen molar-refractivity contribution < 1.29 is 9.59 Å². The Balaban J connectivity index is 3.01. The maximum atomic E-state index is 10.6. The number of Topliss-reactive ketones (excluding diaryl/α,β-unsaturated/α-hetero) is 1. The van der Waals surface area contributed by atoms with Crippen LogP contribution >= 0.6 is 0 Å². The first kappa shape index (κ1) is 14.1. The van der Waals surface area contributed by atoms with Crippen LogP contribution in [-0.4, -0.2) is 12.1 Å². The molecular weight excluding hydrogens is 188 g/mol. The molecule has 0 N–H and O–H groups in total. The predicted octanol–water partition coefficient (Wildman–Crippen LogP) is 3.45. The number of unbranched alkanes of at least 4 members (excludes halogenated alkanes) is 6. The van der Waals surface area contributed by atoms with Crippen molar-refractivity contribution in [3.05, 3.63) is 12.2 Å². The van der Waals surface area contributed by atoms with Crippen molar-refractivity contribution in [2.45, 2.75) is 58.3 Å². The lowest BCUT2D eigenvalue weighted by Crippen LogP contribution is -1.89. The fourth-order valence-electron chi connectivity index (χ4n) is 1.50. The van der Waals surface area contributed by atoms with Crippen molar-refractivity contribution >= 4 is 12.1 Å². The van der Waals surface area contributed by atoms with Crippen LogP contribution < -0.4 is 0 Å². The molecule has 0 unspecified atom stereocenters. The molecule has 0 spiro atoms. The van der Waals surface area contributed by atoms with Crippen molar-refractivity contribution in [1.29, 1.82) is 0 Å². The van der Waals surface area contributed by atoms with E-state index in [2.05, 4.69) is 0 Å². The minimum atomic E-state index is 0.300. The van der Waals surface area contributed by atoms with Crippen LogP contribution in [0.1, 0.15) is 58.3 Å². The molecule has 2 heteroatoms. The van der Waals surface area contributed by atoms with Crippen LogP contribution in [0.25, 0.3) is 0 Å². The zero-order valence-corrected chi connectivity index (χ0v) is 9.71. The number of hydrogen-bond donors (Lipinski definition) is 0. The minimum Gasteiger partial charge on any atom is -0.300 e. The van der Waals surface area contributed by atoms with Gasteiger partial charge < -0.3 is 4.79 Å². The molecule has 0 saturated carbocycles. The molecule has 86 valence electrons. The summed E-state index contributed by atoms with van der Waals surface area (Å²) in [5.74, 6) is 0.300. The smallest absolute Gasteiger partial charge is 0.142 e. The molecule has 0 aromatic rings. The Kier molecular flexibility index (Phi) is 10.5.